The largest absolute Gasteiger partial charge is 0.481 e. The van der Waals surface area contributed by atoms with Crippen molar-refractivity contribution in [2.75, 3.05) is 40.6 Å². The Hall–Kier alpha value is -4.30. The molecule has 0 aliphatic heterocycles. The number of pyridine rings is 2. The van der Waals surface area contributed by atoms with Crippen molar-refractivity contribution in [2.24, 2.45) is 0 Å². The number of benzene rings is 2. The van der Waals surface area contributed by atoms with Crippen molar-refractivity contribution in [3.63, 3.8) is 0 Å². The Morgan fingerprint density at radius 3 is 1.31 bits per heavy atom. The van der Waals surface area contributed by atoms with E-state index < -0.39 is 12.1 Å². The summed E-state index contributed by atoms with van der Waals surface area (Å²) in [6, 6.07) is 18.7. The van der Waals surface area contributed by atoms with E-state index in [9.17, 15) is 20.4 Å². The van der Waals surface area contributed by atoms with E-state index >= 15 is 0 Å². The van der Waals surface area contributed by atoms with Gasteiger partial charge in [0.25, 0.3) is 0 Å². The van der Waals surface area contributed by atoms with Crippen LogP contribution in [0.15, 0.2) is 60.7 Å². The topological polar surface area (TPSA) is 168 Å². The van der Waals surface area contributed by atoms with Gasteiger partial charge in [0.05, 0.1) is 52.7 Å². The second-order valence-corrected chi connectivity index (χ2v) is 11.3. The third kappa shape index (κ3) is 9.41. The molecule has 0 amide bonds. The average Bonchev–Trinajstić information content (AvgIpc) is 3.12. The lowest BCUT2D eigenvalue weighted by Crippen LogP contribution is -2.35. The van der Waals surface area contributed by atoms with Crippen LogP contribution in [0.1, 0.15) is 33.4 Å². The number of rotatable bonds is 19. The molecule has 0 saturated heterocycles. The fourth-order valence-corrected chi connectivity index (χ4v) is 5.14. The van der Waals surface area contributed by atoms with Gasteiger partial charge in [0.2, 0.25) is 23.5 Å². The lowest BCUT2D eigenvalue weighted by Gasteiger charge is -2.17. The van der Waals surface area contributed by atoms with Crippen LogP contribution in [0.4, 0.5) is 0 Å². The number of aliphatic hydroxyl groups is 4. The molecule has 0 radical (unpaired) electrons. The Kier molecular flexibility index (Phi) is 13.9. The van der Waals surface area contributed by atoms with Crippen LogP contribution in [0.2, 0.25) is 0 Å². The zero-order valence-corrected chi connectivity index (χ0v) is 27.9. The molecule has 0 saturated carbocycles. The van der Waals surface area contributed by atoms with Crippen molar-refractivity contribution < 1.29 is 39.4 Å². The van der Waals surface area contributed by atoms with Crippen LogP contribution in [0, 0.1) is 13.8 Å². The van der Waals surface area contributed by atoms with Crippen LogP contribution in [0.3, 0.4) is 0 Å². The van der Waals surface area contributed by atoms with Crippen LogP contribution in [0.25, 0.3) is 11.1 Å². The number of aromatic nitrogens is 2. The summed E-state index contributed by atoms with van der Waals surface area (Å²) in [6.07, 6.45) is 0. The SMILES string of the molecule is COc1nc(OCc2cccc(-c3cccc(COc4ccc(CNC(CO)CO)c(OC)n4)c3C)c2C)ccc1CNC(CO)CO. The molecule has 0 spiro atoms. The first-order valence-electron chi connectivity index (χ1n) is 15.8. The molecule has 48 heavy (non-hydrogen) atoms. The van der Waals surface area contributed by atoms with Gasteiger partial charge in [-0.05, 0) is 59.4 Å². The molecule has 0 fully saturated rings. The molecule has 2 aromatic heterocycles. The molecule has 0 atom stereocenters. The van der Waals surface area contributed by atoms with Crippen LogP contribution in [0.5, 0.6) is 23.5 Å². The van der Waals surface area contributed by atoms with Crippen molar-refractivity contribution in [2.45, 2.75) is 52.2 Å². The zero-order valence-electron chi connectivity index (χ0n) is 27.9. The minimum absolute atomic E-state index is 0.176. The van der Waals surface area contributed by atoms with E-state index in [1.165, 1.54) is 14.2 Å². The smallest absolute Gasteiger partial charge is 0.220 e. The molecule has 12 nitrogen and oxygen atoms in total. The summed E-state index contributed by atoms with van der Waals surface area (Å²) in [5.41, 5.74) is 7.95. The highest BCUT2D eigenvalue weighted by atomic mass is 16.5. The van der Waals surface area contributed by atoms with Crippen LogP contribution in [-0.4, -0.2) is 83.1 Å². The summed E-state index contributed by atoms with van der Waals surface area (Å²) in [6.45, 7) is 4.83. The van der Waals surface area contributed by atoms with Crippen molar-refractivity contribution in [1.29, 1.82) is 0 Å². The molecule has 6 N–H and O–H groups in total. The van der Waals surface area contributed by atoms with E-state index in [0.29, 0.717) is 49.8 Å². The number of hydrogen-bond donors (Lipinski definition) is 6. The lowest BCUT2D eigenvalue weighted by molar-refractivity contribution is 0.169. The molecule has 12 heteroatoms. The summed E-state index contributed by atoms with van der Waals surface area (Å²) in [4.78, 5) is 9.00. The van der Waals surface area contributed by atoms with E-state index in [-0.39, 0.29) is 26.4 Å². The molecular weight excluding hydrogens is 616 g/mol. The van der Waals surface area contributed by atoms with Gasteiger partial charge in [0.15, 0.2) is 0 Å². The van der Waals surface area contributed by atoms with Gasteiger partial charge in [0, 0.05) is 36.3 Å². The van der Waals surface area contributed by atoms with Crippen molar-refractivity contribution in [3.8, 4) is 34.6 Å². The third-order valence-corrected chi connectivity index (χ3v) is 8.19. The normalized spacial score (nSPS) is 11.3. The molecule has 2 heterocycles. The van der Waals surface area contributed by atoms with Crippen LogP contribution in [-0.2, 0) is 26.3 Å². The van der Waals surface area contributed by atoms with Crippen molar-refractivity contribution in [1.82, 2.24) is 20.6 Å². The molecular formula is C36H46N4O8. The molecule has 0 aliphatic carbocycles. The Morgan fingerprint density at radius 2 is 0.958 bits per heavy atom. The highest BCUT2D eigenvalue weighted by Crippen LogP contribution is 2.31. The molecule has 4 aromatic rings. The number of ether oxygens (including phenoxy) is 4. The molecule has 0 aliphatic rings. The van der Waals surface area contributed by atoms with Gasteiger partial charge in [-0.2, -0.15) is 9.97 Å². The Balaban J connectivity index is 1.44. The third-order valence-electron chi connectivity index (χ3n) is 8.19. The van der Waals surface area contributed by atoms with E-state index in [0.717, 1.165) is 44.5 Å². The summed E-state index contributed by atoms with van der Waals surface area (Å²) >= 11 is 0. The maximum absolute atomic E-state index is 9.31. The molecule has 258 valence electrons. The fraction of sp³-hybridized carbons (Fsp3) is 0.389. The molecule has 0 bridgehead atoms. The van der Waals surface area contributed by atoms with Gasteiger partial charge in [-0.15, -0.1) is 0 Å². The minimum atomic E-state index is -0.426. The average molecular weight is 663 g/mol. The number of nitrogens with one attached hydrogen (secondary N) is 2. The fourth-order valence-electron chi connectivity index (χ4n) is 5.14. The van der Waals surface area contributed by atoms with Gasteiger partial charge in [-0.25, -0.2) is 0 Å². The van der Waals surface area contributed by atoms with E-state index in [1.54, 1.807) is 12.1 Å². The quantitative estimate of drug-likeness (QED) is 0.0871. The lowest BCUT2D eigenvalue weighted by atomic mass is 9.92. The summed E-state index contributed by atoms with van der Waals surface area (Å²) in [5.74, 6) is 1.66. The van der Waals surface area contributed by atoms with Gasteiger partial charge in [-0.1, -0.05) is 36.4 Å². The second kappa shape index (κ2) is 18.3. The molecule has 4 rings (SSSR count). The highest BCUT2D eigenvalue weighted by Gasteiger charge is 2.15. The highest BCUT2D eigenvalue weighted by molar-refractivity contribution is 5.72. The summed E-state index contributed by atoms with van der Waals surface area (Å²) in [7, 11) is 3.08. The van der Waals surface area contributed by atoms with E-state index in [4.69, 9.17) is 18.9 Å². The first-order valence-corrected chi connectivity index (χ1v) is 15.8. The number of nitrogens with zero attached hydrogens (tertiary/aromatic N) is 2. The standard InChI is InChI=1S/C36H46N4O8/c1-23-27(21-47-33-13-11-25(35(39-33)45-3)15-37-29(17-41)18-42)7-5-9-31(23)32-10-6-8-28(24(32)2)22-48-34-14-12-26(36(40-34)46-4)16-38-30(19-43)20-44/h5-14,29-30,37-38,41-44H,15-22H2,1-4H3. The number of aliphatic hydroxyl groups excluding tert-OH is 4. The summed E-state index contributed by atoms with van der Waals surface area (Å²) in [5, 5.41) is 43.4. The Bertz CT molecular complexity index is 1490. The predicted molar refractivity (Wildman–Crippen MR) is 181 cm³/mol. The maximum Gasteiger partial charge on any atom is 0.220 e. The molecule has 2 aromatic carbocycles. The van der Waals surface area contributed by atoms with Crippen molar-refractivity contribution in [3.05, 3.63) is 94.0 Å². The van der Waals surface area contributed by atoms with Gasteiger partial charge in [0.1, 0.15) is 13.2 Å². The second-order valence-electron chi connectivity index (χ2n) is 11.3. The van der Waals surface area contributed by atoms with Crippen molar-refractivity contribution >= 4 is 0 Å². The Labute approximate surface area is 281 Å². The monoisotopic (exact) mass is 662 g/mol. The zero-order chi connectivity index (χ0) is 34.5. The number of methoxy groups -OCH3 is 2. The first-order chi connectivity index (χ1) is 23.3. The maximum atomic E-state index is 9.31. The van der Waals surface area contributed by atoms with E-state index in [2.05, 4.69) is 46.6 Å². The van der Waals surface area contributed by atoms with Gasteiger partial charge >= 0.3 is 0 Å². The number of hydrogen-bond acceptors (Lipinski definition) is 12. The van der Waals surface area contributed by atoms with Gasteiger partial charge in [-0.3, -0.25) is 0 Å². The first kappa shape index (κ1) is 36.5. The summed E-state index contributed by atoms with van der Waals surface area (Å²) < 4.78 is 23.1. The van der Waals surface area contributed by atoms with Crippen LogP contribution < -0.4 is 29.6 Å². The predicted octanol–water partition coefficient (Wildman–Crippen LogP) is 2.82. The molecule has 0 unspecified atom stereocenters. The van der Waals surface area contributed by atoms with Gasteiger partial charge < -0.3 is 50.0 Å². The van der Waals surface area contributed by atoms with Crippen LogP contribution >= 0.6 is 0 Å². The Morgan fingerprint density at radius 1 is 0.562 bits per heavy atom. The van der Waals surface area contributed by atoms with E-state index in [1.807, 2.05) is 36.4 Å². The minimum Gasteiger partial charge on any atom is -0.481 e.